The van der Waals surface area contributed by atoms with Crippen LogP contribution >= 0.6 is 12.2 Å². The first kappa shape index (κ1) is 13.3. The van der Waals surface area contributed by atoms with Gasteiger partial charge in [0.05, 0.1) is 18.5 Å². The molecule has 0 rings (SSSR count). The fourth-order valence-corrected chi connectivity index (χ4v) is 1.34. The SMILES string of the molecule is CCCN(CCC(=O)OC)CC(N)=S. The summed E-state index contributed by atoms with van der Waals surface area (Å²) >= 11 is 4.81. The van der Waals surface area contributed by atoms with E-state index in [1.807, 2.05) is 0 Å². The molecule has 0 aromatic carbocycles. The molecule has 0 aromatic heterocycles. The summed E-state index contributed by atoms with van der Waals surface area (Å²) < 4.78 is 4.55. The predicted octanol–water partition coefficient (Wildman–Crippen LogP) is 0.548. The third kappa shape index (κ3) is 6.80. The second-order valence-electron chi connectivity index (χ2n) is 3.07. The number of hydrogen-bond donors (Lipinski definition) is 1. The van der Waals surface area contributed by atoms with E-state index in [9.17, 15) is 4.79 Å². The number of methoxy groups -OCH3 is 1. The van der Waals surface area contributed by atoms with Gasteiger partial charge in [0.2, 0.25) is 0 Å². The molecule has 0 unspecified atom stereocenters. The van der Waals surface area contributed by atoms with Crippen LogP contribution in [0.4, 0.5) is 0 Å². The number of nitrogens with two attached hydrogens (primary N) is 1. The highest BCUT2D eigenvalue weighted by Gasteiger charge is 2.08. The van der Waals surface area contributed by atoms with Crippen molar-refractivity contribution in [3.05, 3.63) is 0 Å². The van der Waals surface area contributed by atoms with Crippen molar-refractivity contribution in [2.75, 3.05) is 26.7 Å². The van der Waals surface area contributed by atoms with Crippen LogP contribution in [0.25, 0.3) is 0 Å². The Hall–Kier alpha value is -0.680. The van der Waals surface area contributed by atoms with E-state index in [0.717, 1.165) is 13.0 Å². The molecular formula is C9H18N2O2S. The highest BCUT2D eigenvalue weighted by atomic mass is 32.1. The zero-order valence-corrected chi connectivity index (χ0v) is 9.60. The van der Waals surface area contributed by atoms with E-state index < -0.39 is 0 Å². The number of esters is 1. The Morgan fingerprint density at radius 1 is 1.50 bits per heavy atom. The van der Waals surface area contributed by atoms with E-state index >= 15 is 0 Å². The fraction of sp³-hybridized carbons (Fsp3) is 0.778. The van der Waals surface area contributed by atoms with Crippen LogP contribution in [0.3, 0.4) is 0 Å². The summed E-state index contributed by atoms with van der Waals surface area (Å²) in [4.78, 5) is 13.4. The van der Waals surface area contributed by atoms with Gasteiger partial charge in [0.1, 0.15) is 0 Å². The first-order valence-corrected chi connectivity index (χ1v) is 5.08. The van der Waals surface area contributed by atoms with Gasteiger partial charge in [0, 0.05) is 13.1 Å². The molecule has 0 aromatic rings. The maximum Gasteiger partial charge on any atom is 0.306 e. The van der Waals surface area contributed by atoms with Crippen molar-refractivity contribution in [1.29, 1.82) is 0 Å². The highest BCUT2D eigenvalue weighted by molar-refractivity contribution is 7.80. The molecule has 0 aliphatic carbocycles. The molecule has 0 heterocycles. The van der Waals surface area contributed by atoms with Crippen molar-refractivity contribution in [2.45, 2.75) is 19.8 Å². The molecule has 0 aliphatic heterocycles. The first-order chi connectivity index (χ1) is 6.60. The van der Waals surface area contributed by atoms with Crippen LogP contribution in [0.15, 0.2) is 0 Å². The smallest absolute Gasteiger partial charge is 0.306 e. The number of ether oxygens (including phenoxy) is 1. The maximum atomic E-state index is 10.9. The predicted molar refractivity (Wildman–Crippen MR) is 60.1 cm³/mol. The molecular weight excluding hydrogens is 200 g/mol. The highest BCUT2D eigenvalue weighted by Crippen LogP contribution is 1.95. The summed E-state index contributed by atoms with van der Waals surface area (Å²) in [5, 5.41) is 0. The normalized spacial score (nSPS) is 10.2. The average Bonchev–Trinajstić information content (AvgIpc) is 2.13. The zero-order valence-electron chi connectivity index (χ0n) is 8.78. The monoisotopic (exact) mass is 218 g/mol. The van der Waals surface area contributed by atoms with Crippen molar-refractivity contribution in [3.8, 4) is 0 Å². The van der Waals surface area contributed by atoms with E-state index in [1.165, 1.54) is 7.11 Å². The Morgan fingerprint density at radius 2 is 2.14 bits per heavy atom. The number of thiocarbonyl (C=S) groups is 1. The van der Waals surface area contributed by atoms with Gasteiger partial charge in [-0.3, -0.25) is 9.69 Å². The van der Waals surface area contributed by atoms with E-state index in [1.54, 1.807) is 0 Å². The van der Waals surface area contributed by atoms with Gasteiger partial charge in [0.25, 0.3) is 0 Å². The van der Waals surface area contributed by atoms with Crippen LogP contribution in [-0.4, -0.2) is 42.6 Å². The van der Waals surface area contributed by atoms with Crippen molar-refractivity contribution in [3.63, 3.8) is 0 Å². The number of carbonyl (C=O) groups is 1. The molecule has 5 heteroatoms. The van der Waals surface area contributed by atoms with Gasteiger partial charge in [-0.05, 0) is 13.0 Å². The second-order valence-corrected chi connectivity index (χ2v) is 3.59. The van der Waals surface area contributed by atoms with Gasteiger partial charge < -0.3 is 10.5 Å². The lowest BCUT2D eigenvalue weighted by Gasteiger charge is -2.19. The minimum absolute atomic E-state index is 0.200. The molecule has 0 bridgehead atoms. The van der Waals surface area contributed by atoms with E-state index in [4.69, 9.17) is 18.0 Å². The molecule has 0 amide bonds. The minimum atomic E-state index is -0.200. The standard InChI is InChI=1S/C9H18N2O2S/c1-3-5-11(7-8(10)14)6-4-9(12)13-2/h3-7H2,1-2H3,(H2,10,14). The third-order valence-corrected chi connectivity index (χ3v) is 1.91. The topological polar surface area (TPSA) is 55.6 Å². The van der Waals surface area contributed by atoms with E-state index in [-0.39, 0.29) is 5.97 Å². The van der Waals surface area contributed by atoms with Gasteiger partial charge in [-0.15, -0.1) is 0 Å². The molecule has 0 atom stereocenters. The van der Waals surface area contributed by atoms with Gasteiger partial charge in [-0.25, -0.2) is 0 Å². The Kier molecular flexibility index (Phi) is 7.32. The summed E-state index contributed by atoms with van der Waals surface area (Å²) in [6.45, 7) is 4.19. The Bertz CT molecular complexity index is 197. The Morgan fingerprint density at radius 3 is 2.57 bits per heavy atom. The van der Waals surface area contributed by atoms with Crippen molar-refractivity contribution >= 4 is 23.2 Å². The Balaban J connectivity index is 3.83. The van der Waals surface area contributed by atoms with Crippen LogP contribution < -0.4 is 5.73 Å². The summed E-state index contributed by atoms with van der Waals surface area (Å²) in [6.07, 6.45) is 1.41. The molecule has 4 nitrogen and oxygen atoms in total. The summed E-state index contributed by atoms with van der Waals surface area (Å²) in [7, 11) is 1.39. The molecule has 0 saturated carbocycles. The zero-order chi connectivity index (χ0) is 11.0. The number of nitrogens with zero attached hydrogens (tertiary/aromatic N) is 1. The molecule has 0 radical (unpaired) electrons. The lowest BCUT2D eigenvalue weighted by molar-refractivity contribution is -0.140. The lowest BCUT2D eigenvalue weighted by Crippen LogP contribution is -2.35. The van der Waals surface area contributed by atoms with Gasteiger partial charge in [-0.2, -0.15) is 0 Å². The first-order valence-electron chi connectivity index (χ1n) is 4.67. The van der Waals surface area contributed by atoms with Crippen LogP contribution in [0, 0.1) is 0 Å². The molecule has 0 spiro atoms. The molecule has 0 aliphatic rings. The van der Waals surface area contributed by atoms with Crippen LogP contribution in [0.2, 0.25) is 0 Å². The number of hydrogen-bond acceptors (Lipinski definition) is 4. The van der Waals surface area contributed by atoms with E-state index in [0.29, 0.717) is 24.5 Å². The van der Waals surface area contributed by atoms with Crippen molar-refractivity contribution in [2.24, 2.45) is 5.73 Å². The molecule has 2 N–H and O–H groups in total. The molecule has 14 heavy (non-hydrogen) atoms. The van der Waals surface area contributed by atoms with Crippen molar-refractivity contribution < 1.29 is 9.53 Å². The van der Waals surface area contributed by atoms with Gasteiger partial charge in [0.15, 0.2) is 0 Å². The quantitative estimate of drug-likeness (QED) is 0.499. The fourth-order valence-electron chi connectivity index (χ4n) is 1.16. The molecule has 0 saturated heterocycles. The maximum absolute atomic E-state index is 10.9. The summed E-state index contributed by atoms with van der Waals surface area (Å²) in [5.74, 6) is -0.200. The number of rotatable bonds is 7. The lowest BCUT2D eigenvalue weighted by atomic mass is 10.3. The van der Waals surface area contributed by atoms with Gasteiger partial charge >= 0.3 is 5.97 Å². The van der Waals surface area contributed by atoms with Crippen LogP contribution in [-0.2, 0) is 9.53 Å². The molecule has 0 fully saturated rings. The average molecular weight is 218 g/mol. The van der Waals surface area contributed by atoms with Crippen molar-refractivity contribution in [1.82, 2.24) is 4.90 Å². The summed E-state index contributed by atoms with van der Waals surface area (Å²) in [6, 6.07) is 0. The number of carbonyl (C=O) groups excluding carboxylic acids is 1. The minimum Gasteiger partial charge on any atom is -0.469 e. The van der Waals surface area contributed by atoms with Crippen LogP contribution in [0.1, 0.15) is 19.8 Å². The second kappa shape index (κ2) is 7.70. The van der Waals surface area contributed by atoms with Gasteiger partial charge in [-0.1, -0.05) is 19.1 Å². The molecule has 82 valence electrons. The van der Waals surface area contributed by atoms with Crippen LogP contribution in [0.5, 0.6) is 0 Å². The summed E-state index contributed by atoms with van der Waals surface area (Å²) in [5.41, 5.74) is 5.44. The largest absolute Gasteiger partial charge is 0.469 e. The van der Waals surface area contributed by atoms with E-state index in [2.05, 4.69) is 16.6 Å². The third-order valence-electron chi connectivity index (χ3n) is 1.78. The Labute approximate surface area is 90.4 Å².